The molecule has 4 aliphatic rings. The number of fused-ring (bicyclic) bond motifs is 2. The van der Waals surface area contributed by atoms with Crippen molar-refractivity contribution in [2.24, 2.45) is 11.8 Å². The summed E-state index contributed by atoms with van der Waals surface area (Å²) in [6.45, 7) is 3.80. The average molecular weight is 548 g/mol. The number of hydrogen-bond acceptors (Lipinski definition) is 5. The van der Waals surface area contributed by atoms with Crippen molar-refractivity contribution in [3.63, 3.8) is 0 Å². The van der Waals surface area contributed by atoms with Crippen LogP contribution in [0, 0.1) is 18.8 Å². The van der Waals surface area contributed by atoms with Crippen LogP contribution in [0.1, 0.15) is 12.5 Å². The summed E-state index contributed by atoms with van der Waals surface area (Å²) in [7, 11) is 0. The van der Waals surface area contributed by atoms with Crippen molar-refractivity contribution in [1.82, 2.24) is 4.90 Å². The summed E-state index contributed by atoms with van der Waals surface area (Å²) >= 11 is 6.57. The zero-order chi connectivity index (χ0) is 27.5. The fraction of sp³-hybridized carbons (Fsp3) is 0.367. The summed E-state index contributed by atoms with van der Waals surface area (Å²) in [5.41, 5.74) is 0.731. The quantitative estimate of drug-likeness (QED) is 0.594. The highest BCUT2D eigenvalue weighted by Crippen LogP contribution is 2.54. The Morgan fingerprint density at radius 1 is 1.00 bits per heavy atom. The number of para-hydroxylation sites is 2. The molecular weight excluding hydrogens is 518 g/mol. The summed E-state index contributed by atoms with van der Waals surface area (Å²) in [4.78, 5) is 47.5. The number of carbonyl (C=O) groups is 3. The molecule has 8 nitrogen and oxygen atoms in total. The Balaban J connectivity index is 1.48. The summed E-state index contributed by atoms with van der Waals surface area (Å²) in [5.74, 6) is -2.73. The van der Waals surface area contributed by atoms with Gasteiger partial charge >= 0.3 is 0 Å². The van der Waals surface area contributed by atoms with E-state index in [4.69, 9.17) is 16.3 Å². The third-order valence-electron chi connectivity index (χ3n) is 8.36. The summed E-state index contributed by atoms with van der Waals surface area (Å²) in [6.07, 6.45) is 6.64. The molecule has 1 N–H and O–H groups in total. The molecule has 1 unspecified atom stereocenters. The van der Waals surface area contributed by atoms with Crippen molar-refractivity contribution in [2.45, 2.75) is 37.6 Å². The van der Waals surface area contributed by atoms with Crippen LogP contribution in [0.3, 0.4) is 0 Å². The standard InChI is InChI=1S/C30H30ClN3O5/c1-18-9-6-12-21(31)25(18)33-16-8-14-30-24(28(37)34(19(2)17-35)26(30)29(33)38)23-22(39-30)13-7-15-32(27(23)36)20-10-4-3-5-11-20/h3-14,19,22-24,26,35H,15-17H2,1-2H3/t19-,22+,23-,24+,26?,30+/m1/s1. The highest BCUT2D eigenvalue weighted by molar-refractivity contribution is 6.34. The smallest absolute Gasteiger partial charge is 0.253 e. The molecule has 1 spiro atoms. The monoisotopic (exact) mass is 547 g/mol. The van der Waals surface area contributed by atoms with Gasteiger partial charge in [0.05, 0.1) is 41.3 Å². The number of hydrogen-bond donors (Lipinski definition) is 1. The second-order valence-corrected chi connectivity index (χ2v) is 11.0. The van der Waals surface area contributed by atoms with Gasteiger partial charge in [-0.25, -0.2) is 0 Å². The molecule has 0 aromatic heterocycles. The number of amides is 3. The molecule has 9 heteroatoms. The number of benzene rings is 2. The van der Waals surface area contributed by atoms with Gasteiger partial charge in [0.25, 0.3) is 5.91 Å². The highest BCUT2D eigenvalue weighted by atomic mass is 35.5. The molecule has 0 radical (unpaired) electrons. The number of carbonyl (C=O) groups excluding carboxylic acids is 3. The Hall–Kier alpha value is -3.46. The summed E-state index contributed by atoms with van der Waals surface area (Å²) < 4.78 is 6.66. The van der Waals surface area contributed by atoms with Crippen molar-refractivity contribution in [3.05, 3.63) is 83.4 Å². The van der Waals surface area contributed by atoms with Crippen molar-refractivity contribution in [3.8, 4) is 0 Å². The van der Waals surface area contributed by atoms with Crippen LogP contribution < -0.4 is 9.80 Å². The number of aliphatic hydroxyl groups is 1. The van der Waals surface area contributed by atoms with E-state index in [2.05, 4.69) is 0 Å². The van der Waals surface area contributed by atoms with Crippen LogP contribution >= 0.6 is 11.6 Å². The molecular formula is C30H30ClN3O5. The van der Waals surface area contributed by atoms with Gasteiger partial charge in [-0.1, -0.05) is 66.2 Å². The van der Waals surface area contributed by atoms with Gasteiger partial charge in [0.1, 0.15) is 11.6 Å². The van der Waals surface area contributed by atoms with Crippen LogP contribution in [-0.2, 0) is 19.1 Å². The second-order valence-electron chi connectivity index (χ2n) is 10.6. The lowest BCUT2D eigenvalue weighted by molar-refractivity contribution is -0.143. The first-order chi connectivity index (χ1) is 18.8. The molecule has 4 aliphatic heterocycles. The Morgan fingerprint density at radius 3 is 2.46 bits per heavy atom. The van der Waals surface area contributed by atoms with Gasteiger partial charge in [-0.15, -0.1) is 0 Å². The number of anilines is 2. The van der Waals surface area contributed by atoms with Crippen molar-refractivity contribution in [1.29, 1.82) is 0 Å². The Labute approximate surface area is 232 Å². The summed E-state index contributed by atoms with van der Waals surface area (Å²) in [6, 6.07) is 13.0. The Morgan fingerprint density at radius 2 is 1.74 bits per heavy atom. The maximum Gasteiger partial charge on any atom is 0.253 e. The molecule has 6 atom stereocenters. The molecule has 0 aliphatic carbocycles. The molecule has 0 saturated carbocycles. The van der Waals surface area contributed by atoms with Gasteiger partial charge in [-0.2, -0.15) is 0 Å². The zero-order valence-electron chi connectivity index (χ0n) is 21.7. The van der Waals surface area contributed by atoms with E-state index in [1.54, 1.807) is 28.9 Å². The van der Waals surface area contributed by atoms with Crippen LogP contribution in [0.25, 0.3) is 0 Å². The number of aryl methyl sites for hydroxylation is 1. The maximum atomic E-state index is 14.4. The minimum absolute atomic E-state index is 0.225. The van der Waals surface area contributed by atoms with Gasteiger partial charge < -0.3 is 24.5 Å². The first kappa shape index (κ1) is 25.8. The van der Waals surface area contributed by atoms with Crippen molar-refractivity contribution in [2.75, 3.05) is 29.5 Å². The first-order valence-electron chi connectivity index (χ1n) is 13.2. The lowest BCUT2D eigenvalue weighted by Gasteiger charge is -2.37. The summed E-state index contributed by atoms with van der Waals surface area (Å²) in [5, 5.41) is 10.5. The highest BCUT2D eigenvalue weighted by Gasteiger charge is 2.72. The third-order valence-corrected chi connectivity index (χ3v) is 8.67. The van der Waals surface area contributed by atoms with E-state index >= 15 is 0 Å². The zero-order valence-corrected chi connectivity index (χ0v) is 22.5. The van der Waals surface area contributed by atoms with Gasteiger partial charge in [0.2, 0.25) is 11.8 Å². The number of rotatable bonds is 4. The van der Waals surface area contributed by atoms with Gasteiger partial charge in [0.15, 0.2) is 0 Å². The van der Waals surface area contributed by atoms with Gasteiger partial charge in [0, 0.05) is 18.8 Å². The Bertz CT molecular complexity index is 1370. The third kappa shape index (κ3) is 3.77. The molecule has 3 amide bonds. The van der Waals surface area contributed by atoms with Crippen LogP contribution in [-0.4, -0.2) is 71.2 Å². The average Bonchev–Trinajstić information content (AvgIpc) is 3.25. The maximum absolute atomic E-state index is 14.4. The lowest BCUT2D eigenvalue weighted by Crippen LogP contribution is -2.57. The largest absolute Gasteiger partial charge is 0.394 e. The van der Waals surface area contributed by atoms with E-state index in [-0.39, 0.29) is 30.9 Å². The molecule has 2 saturated heterocycles. The number of ether oxygens (including phenoxy) is 1. The van der Waals surface area contributed by atoms with Gasteiger partial charge in [-0.05, 0) is 37.6 Å². The van der Waals surface area contributed by atoms with E-state index in [9.17, 15) is 19.5 Å². The number of halogens is 1. The van der Waals surface area contributed by atoms with E-state index in [1.165, 1.54) is 4.90 Å². The molecule has 2 aromatic rings. The molecule has 2 aromatic carbocycles. The van der Waals surface area contributed by atoms with Crippen molar-refractivity contribution < 1.29 is 24.2 Å². The van der Waals surface area contributed by atoms with E-state index in [0.717, 1.165) is 11.3 Å². The van der Waals surface area contributed by atoms with Crippen LogP contribution in [0.4, 0.5) is 11.4 Å². The first-order valence-corrected chi connectivity index (χ1v) is 13.6. The number of likely N-dealkylation sites (tertiary alicyclic amines) is 1. The Kier molecular flexibility index (Phi) is 6.37. The van der Waals surface area contributed by atoms with Crippen LogP contribution in [0.2, 0.25) is 5.02 Å². The molecule has 2 fully saturated rings. The second kappa shape index (κ2) is 9.62. The van der Waals surface area contributed by atoms with Gasteiger partial charge in [-0.3, -0.25) is 14.4 Å². The molecule has 4 heterocycles. The normalized spacial score (nSPS) is 30.7. The van der Waals surface area contributed by atoms with E-state index < -0.39 is 35.6 Å². The minimum atomic E-state index is -1.38. The fourth-order valence-electron chi connectivity index (χ4n) is 6.64. The predicted molar refractivity (Wildman–Crippen MR) is 147 cm³/mol. The topological polar surface area (TPSA) is 90.4 Å². The number of aliphatic hydroxyl groups excluding tert-OH is 1. The van der Waals surface area contributed by atoms with Crippen LogP contribution in [0.15, 0.2) is 72.8 Å². The lowest BCUT2D eigenvalue weighted by atomic mass is 9.77. The predicted octanol–water partition coefficient (Wildman–Crippen LogP) is 3.12. The molecule has 0 bridgehead atoms. The van der Waals surface area contributed by atoms with Crippen molar-refractivity contribution >= 4 is 40.7 Å². The van der Waals surface area contributed by atoms with Crippen LogP contribution in [0.5, 0.6) is 0 Å². The fourth-order valence-corrected chi connectivity index (χ4v) is 6.97. The SMILES string of the molecule is Cc1cccc(Cl)c1N1CC=C[C@]23O[C@H]4C=CCN(c5ccccc5)C(=O)[C@H]4[C@H]2C(=O)N([C@H](C)CO)C3C1=O. The van der Waals surface area contributed by atoms with E-state index in [1.807, 2.05) is 67.6 Å². The van der Waals surface area contributed by atoms with E-state index in [0.29, 0.717) is 17.3 Å². The molecule has 202 valence electrons. The minimum Gasteiger partial charge on any atom is -0.394 e. The molecule has 6 rings (SSSR count). The molecule has 39 heavy (non-hydrogen) atoms. The number of nitrogens with zero attached hydrogens (tertiary/aromatic N) is 3.